The Hall–Kier alpha value is -1.78. The van der Waals surface area contributed by atoms with Crippen molar-refractivity contribution in [2.45, 2.75) is 39.7 Å². The van der Waals surface area contributed by atoms with Crippen molar-refractivity contribution < 1.29 is 0 Å². The first kappa shape index (κ1) is 16.6. The lowest BCUT2D eigenvalue weighted by Gasteiger charge is -2.21. The van der Waals surface area contributed by atoms with Crippen LogP contribution in [0, 0.1) is 17.3 Å². The summed E-state index contributed by atoms with van der Waals surface area (Å²) in [5, 5.41) is 0. The summed E-state index contributed by atoms with van der Waals surface area (Å²) in [5.74, 6) is 6.38. The van der Waals surface area contributed by atoms with Crippen molar-refractivity contribution in [3.8, 4) is 11.8 Å². The number of hydrogen-bond acceptors (Lipinski definition) is 1. The number of rotatable bonds is 6. The van der Waals surface area contributed by atoms with Crippen LogP contribution in [0.2, 0.25) is 0 Å². The van der Waals surface area contributed by atoms with Gasteiger partial charge >= 0.3 is 0 Å². The Morgan fingerprint density at radius 1 is 1.27 bits per heavy atom. The van der Waals surface area contributed by atoms with Gasteiger partial charge in [-0.1, -0.05) is 54.8 Å². The van der Waals surface area contributed by atoms with Crippen molar-refractivity contribution in [1.29, 1.82) is 0 Å². The third-order valence-corrected chi connectivity index (χ3v) is 3.63. The third-order valence-electron chi connectivity index (χ3n) is 3.63. The number of nitrogens with zero attached hydrogens (tertiary/aromatic N) is 1. The molecule has 0 amide bonds. The minimum absolute atomic E-state index is 0.0715. The van der Waals surface area contributed by atoms with Gasteiger partial charge in [-0.15, -0.1) is 0 Å². The quantitative estimate of drug-likeness (QED) is 0.683. The molecular weight excluding hydrogens is 266 g/mol. The lowest BCUT2D eigenvalue weighted by molar-refractivity contribution is 0.329. The van der Waals surface area contributed by atoms with E-state index in [0.717, 1.165) is 19.1 Å². The number of hydrogen-bond donors (Lipinski definition) is 0. The molecule has 116 valence electrons. The summed E-state index contributed by atoms with van der Waals surface area (Å²) in [7, 11) is 0. The van der Waals surface area contributed by atoms with Crippen LogP contribution in [-0.4, -0.2) is 24.0 Å². The molecule has 0 radical (unpaired) electrons. The van der Waals surface area contributed by atoms with Crippen LogP contribution in [0.15, 0.2) is 49.1 Å². The highest BCUT2D eigenvalue weighted by atomic mass is 15.2. The van der Waals surface area contributed by atoms with E-state index in [9.17, 15) is 0 Å². The highest BCUT2D eigenvalue weighted by Gasteiger charge is 2.28. The number of allylic oxidation sites excluding steroid dienone is 1. The van der Waals surface area contributed by atoms with E-state index in [0.29, 0.717) is 0 Å². The fourth-order valence-corrected chi connectivity index (χ4v) is 2.30. The third kappa shape index (κ3) is 5.92. The molecule has 1 aromatic carbocycles. The Bertz CT molecular complexity index is 574. The molecule has 0 saturated heterocycles. The largest absolute Gasteiger partial charge is 0.292 e. The molecule has 2 rings (SSSR count). The molecule has 0 atom stereocenters. The van der Waals surface area contributed by atoms with Gasteiger partial charge < -0.3 is 0 Å². The van der Waals surface area contributed by atoms with Gasteiger partial charge in [0.1, 0.15) is 0 Å². The van der Waals surface area contributed by atoms with E-state index in [1.165, 1.54) is 24.0 Å². The molecule has 0 bridgehead atoms. The van der Waals surface area contributed by atoms with Crippen molar-refractivity contribution >= 4 is 5.57 Å². The highest BCUT2D eigenvalue weighted by molar-refractivity contribution is 5.64. The smallest absolute Gasteiger partial charge is 0.0240 e. The van der Waals surface area contributed by atoms with Gasteiger partial charge in [0.25, 0.3) is 0 Å². The average Bonchev–Trinajstić information content (AvgIpc) is 3.30. The molecule has 1 aliphatic rings. The second-order valence-corrected chi connectivity index (χ2v) is 7.05. The van der Waals surface area contributed by atoms with Crippen molar-refractivity contribution in [3.63, 3.8) is 0 Å². The molecule has 0 aromatic heterocycles. The van der Waals surface area contributed by atoms with Crippen molar-refractivity contribution in [3.05, 3.63) is 54.6 Å². The minimum atomic E-state index is 0.0715. The standard InChI is InChI=1S/C21H27N/c1-18(19-11-7-5-8-12-19)17-22(20-13-14-20)16-10-6-9-15-21(2,3)4/h5-8,10-12,20H,1,13-14,16-17H2,2-4H3. The maximum Gasteiger partial charge on any atom is 0.0240 e. The molecule has 0 unspecified atom stereocenters. The van der Waals surface area contributed by atoms with Gasteiger partial charge in [-0.25, -0.2) is 0 Å². The first-order valence-electron chi connectivity index (χ1n) is 8.11. The van der Waals surface area contributed by atoms with Crippen molar-refractivity contribution in [2.24, 2.45) is 5.41 Å². The summed E-state index contributed by atoms with van der Waals surface area (Å²) in [4.78, 5) is 2.50. The normalized spacial score (nSPS) is 14.9. The predicted molar refractivity (Wildman–Crippen MR) is 96.4 cm³/mol. The van der Waals surface area contributed by atoms with Gasteiger partial charge in [-0.2, -0.15) is 0 Å². The van der Waals surface area contributed by atoms with Gasteiger partial charge in [0.15, 0.2) is 0 Å². The zero-order valence-corrected chi connectivity index (χ0v) is 14.1. The lowest BCUT2D eigenvalue weighted by Crippen LogP contribution is -2.27. The molecule has 1 nitrogen and oxygen atoms in total. The van der Waals surface area contributed by atoms with E-state index >= 15 is 0 Å². The van der Waals surface area contributed by atoms with E-state index in [2.05, 4.69) is 74.4 Å². The van der Waals surface area contributed by atoms with Gasteiger partial charge in [0.05, 0.1) is 0 Å². The van der Waals surface area contributed by atoms with Crippen LogP contribution in [-0.2, 0) is 0 Å². The summed E-state index contributed by atoms with van der Waals surface area (Å²) in [5.41, 5.74) is 2.51. The van der Waals surface area contributed by atoms with Crippen LogP contribution < -0.4 is 0 Å². The molecule has 0 heterocycles. The molecule has 1 saturated carbocycles. The summed E-state index contributed by atoms with van der Waals surface area (Å²) in [6, 6.07) is 11.2. The molecule has 0 aliphatic heterocycles. The van der Waals surface area contributed by atoms with Crippen LogP contribution in [0.3, 0.4) is 0 Å². The molecule has 1 fully saturated rings. The summed E-state index contributed by atoms with van der Waals surface area (Å²) < 4.78 is 0. The van der Waals surface area contributed by atoms with Gasteiger partial charge in [-0.05, 0) is 50.8 Å². The lowest BCUT2D eigenvalue weighted by atomic mass is 9.98. The van der Waals surface area contributed by atoms with E-state index in [-0.39, 0.29) is 5.41 Å². The van der Waals surface area contributed by atoms with Gasteiger partial charge in [-0.3, -0.25) is 4.90 Å². The van der Waals surface area contributed by atoms with E-state index in [4.69, 9.17) is 0 Å². The van der Waals surface area contributed by atoms with Crippen LogP contribution in [0.25, 0.3) is 5.57 Å². The van der Waals surface area contributed by atoms with Crippen LogP contribution in [0.4, 0.5) is 0 Å². The van der Waals surface area contributed by atoms with E-state index in [1.54, 1.807) is 0 Å². The maximum absolute atomic E-state index is 4.26. The molecule has 1 aromatic rings. The Kier molecular flexibility index (Phi) is 5.63. The monoisotopic (exact) mass is 293 g/mol. The van der Waals surface area contributed by atoms with Crippen LogP contribution >= 0.6 is 0 Å². The minimum Gasteiger partial charge on any atom is -0.292 e. The SMILES string of the molecule is C=C(CN(CC=CC#CC(C)(C)C)C1CC1)c1ccccc1. The Balaban J connectivity index is 1.89. The second kappa shape index (κ2) is 7.47. The Morgan fingerprint density at radius 3 is 2.55 bits per heavy atom. The molecule has 0 spiro atoms. The summed E-state index contributed by atoms with van der Waals surface area (Å²) >= 11 is 0. The molecule has 22 heavy (non-hydrogen) atoms. The topological polar surface area (TPSA) is 3.24 Å². The van der Waals surface area contributed by atoms with Gasteiger partial charge in [0, 0.05) is 24.5 Å². The molecule has 0 N–H and O–H groups in total. The van der Waals surface area contributed by atoms with Crippen molar-refractivity contribution in [2.75, 3.05) is 13.1 Å². The fourth-order valence-electron chi connectivity index (χ4n) is 2.30. The second-order valence-electron chi connectivity index (χ2n) is 7.05. The highest BCUT2D eigenvalue weighted by Crippen LogP contribution is 2.28. The zero-order valence-electron chi connectivity index (χ0n) is 14.1. The molecule has 1 aliphatic carbocycles. The number of benzene rings is 1. The molecular formula is C21H27N. The van der Waals surface area contributed by atoms with Crippen LogP contribution in [0.1, 0.15) is 39.2 Å². The summed E-state index contributed by atoms with van der Waals surface area (Å²) in [6.07, 6.45) is 6.79. The fraction of sp³-hybridized carbons (Fsp3) is 0.429. The first-order chi connectivity index (χ1) is 10.5. The van der Waals surface area contributed by atoms with E-state index < -0.39 is 0 Å². The summed E-state index contributed by atoms with van der Waals surface area (Å²) in [6.45, 7) is 12.5. The molecule has 1 heteroatoms. The van der Waals surface area contributed by atoms with Crippen LogP contribution in [0.5, 0.6) is 0 Å². The van der Waals surface area contributed by atoms with Crippen molar-refractivity contribution in [1.82, 2.24) is 4.90 Å². The average molecular weight is 293 g/mol. The van der Waals surface area contributed by atoms with Gasteiger partial charge in [0.2, 0.25) is 0 Å². The van der Waals surface area contributed by atoms with E-state index in [1.807, 2.05) is 12.1 Å². The Labute approximate surface area is 135 Å². The first-order valence-corrected chi connectivity index (χ1v) is 8.11. The Morgan fingerprint density at radius 2 is 1.95 bits per heavy atom. The maximum atomic E-state index is 4.26. The predicted octanol–water partition coefficient (Wildman–Crippen LogP) is 4.77. The zero-order chi connectivity index (χ0) is 16.0.